The lowest BCUT2D eigenvalue weighted by Crippen LogP contribution is -2.50. The van der Waals surface area contributed by atoms with Gasteiger partial charge in [-0.15, -0.1) is 0 Å². The van der Waals surface area contributed by atoms with Crippen molar-refractivity contribution in [2.45, 2.75) is 37.7 Å². The van der Waals surface area contributed by atoms with Crippen molar-refractivity contribution in [2.75, 3.05) is 32.7 Å². The Balaban J connectivity index is 1.82. The summed E-state index contributed by atoms with van der Waals surface area (Å²) in [5, 5.41) is 0.909. The average molecular weight is 453 g/mol. The van der Waals surface area contributed by atoms with E-state index < -0.39 is 0 Å². The third kappa shape index (κ3) is 4.38. The van der Waals surface area contributed by atoms with Crippen LogP contribution in [-0.2, 0) is 11.3 Å². The van der Waals surface area contributed by atoms with Crippen molar-refractivity contribution in [3.63, 3.8) is 0 Å². The molecule has 3 rings (SSSR count). The number of hydrogen-bond acceptors (Lipinski definition) is 5. The summed E-state index contributed by atoms with van der Waals surface area (Å²) in [5.74, 6) is 0.114. The van der Waals surface area contributed by atoms with Gasteiger partial charge in [0, 0.05) is 37.2 Å². The Bertz CT molecular complexity index is 893. The molecule has 0 radical (unpaired) electrons. The van der Waals surface area contributed by atoms with E-state index in [-0.39, 0.29) is 16.7 Å². The highest BCUT2D eigenvalue weighted by Crippen LogP contribution is 2.25. The van der Waals surface area contributed by atoms with Crippen LogP contribution in [0.2, 0.25) is 0 Å². The van der Waals surface area contributed by atoms with Crippen molar-refractivity contribution in [1.82, 2.24) is 19.4 Å². The van der Waals surface area contributed by atoms with Crippen LogP contribution in [0.1, 0.15) is 20.8 Å². The predicted octanol–water partition coefficient (Wildman–Crippen LogP) is 2.82. The van der Waals surface area contributed by atoms with Crippen LogP contribution in [-0.4, -0.2) is 63.2 Å². The number of carbonyl (C=O) groups is 1. The first-order valence-electron chi connectivity index (χ1n) is 9.32. The molecule has 1 saturated heterocycles. The first kappa shape index (κ1) is 20.4. The number of rotatable bonds is 5. The fourth-order valence-corrected chi connectivity index (χ4v) is 4.71. The van der Waals surface area contributed by atoms with Gasteiger partial charge in [-0.1, -0.05) is 34.6 Å². The van der Waals surface area contributed by atoms with E-state index in [1.54, 1.807) is 10.6 Å². The molecule has 1 aromatic heterocycles. The number of hydrogen-bond donors (Lipinski definition) is 0. The van der Waals surface area contributed by atoms with Crippen molar-refractivity contribution in [3.8, 4) is 0 Å². The second kappa shape index (κ2) is 8.75. The third-order valence-corrected chi connectivity index (χ3v) is 6.53. The van der Waals surface area contributed by atoms with Gasteiger partial charge in [-0.25, -0.2) is 4.98 Å². The van der Waals surface area contributed by atoms with E-state index in [4.69, 9.17) is 0 Å². The standard InChI is InChI=1S/C19H25BrN4O2S/c1-4-22-8-10-23(11-9-22)17(25)13(3)27-19-21-16-7-6-14(20)12-15(16)18(26)24(19)5-2/h6-7,12-13H,4-5,8-11H2,1-3H3. The Hall–Kier alpha value is -1.38. The Kier molecular flexibility index (Phi) is 6.60. The molecule has 1 fully saturated rings. The molecule has 146 valence electrons. The SMILES string of the molecule is CCN1CCN(C(=O)C(C)Sc2nc3ccc(Br)cc3c(=O)n2CC)CC1. The molecule has 27 heavy (non-hydrogen) atoms. The predicted molar refractivity (Wildman–Crippen MR) is 113 cm³/mol. The molecule has 2 aromatic rings. The number of halogens is 1. The molecule has 6 nitrogen and oxygen atoms in total. The summed E-state index contributed by atoms with van der Waals surface area (Å²) in [6.45, 7) is 10.9. The van der Waals surface area contributed by atoms with E-state index in [2.05, 4.69) is 32.7 Å². The highest BCUT2D eigenvalue weighted by molar-refractivity contribution is 9.10. The largest absolute Gasteiger partial charge is 0.339 e. The summed E-state index contributed by atoms with van der Waals surface area (Å²) in [7, 11) is 0. The summed E-state index contributed by atoms with van der Waals surface area (Å²) >= 11 is 4.78. The minimum atomic E-state index is -0.282. The molecule has 1 atom stereocenters. The maximum absolute atomic E-state index is 12.9. The van der Waals surface area contributed by atoms with Gasteiger partial charge < -0.3 is 9.80 Å². The minimum Gasteiger partial charge on any atom is -0.339 e. The zero-order valence-corrected chi connectivity index (χ0v) is 18.3. The first-order chi connectivity index (χ1) is 12.9. The quantitative estimate of drug-likeness (QED) is 0.515. The highest BCUT2D eigenvalue weighted by atomic mass is 79.9. The van der Waals surface area contributed by atoms with Gasteiger partial charge in [-0.05, 0) is 38.6 Å². The fourth-order valence-electron chi connectivity index (χ4n) is 3.29. The molecule has 1 aromatic carbocycles. The van der Waals surface area contributed by atoms with Crippen LogP contribution in [0.15, 0.2) is 32.6 Å². The molecule has 2 heterocycles. The molecule has 0 N–H and O–H groups in total. The molecule has 0 bridgehead atoms. The maximum atomic E-state index is 12.9. The summed E-state index contributed by atoms with van der Waals surface area (Å²) in [6.07, 6.45) is 0. The van der Waals surface area contributed by atoms with Crippen LogP contribution in [0, 0.1) is 0 Å². The second-order valence-electron chi connectivity index (χ2n) is 6.62. The lowest BCUT2D eigenvalue weighted by atomic mass is 10.2. The van der Waals surface area contributed by atoms with Gasteiger partial charge in [0.1, 0.15) is 0 Å². The van der Waals surface area contributed by atoms with Gasteiger partial charge in [0.2, 0.25) is 5.91 Å². The van der Waals surface area contributed by atoms with E-state index in [1.165, 1.54) is 11.8 Å². The summed E-state index contributed by atoms with van der Waals surface area (Å²) in [5.41, 5.74) is 0.592. The van der Waals surface area contributed by atoms with Crippen molar-refractivity contribution in [3.05, 3.63) is 33.0 Å². The lowest BCUT2D eigenvalue weighted by molar-refractivity contribution is -0.132. The normalized spacial score (nSPS) is 16.7. The summed E-state index contributed by atoms with van der Waals surface area (Å²) < 4.78 is 2.50. The molecule has 0 spiro atoms. The van der Waals surface area contributed by atoms with Crippen LogP contribution in [0.25, 0.3) is 10.9 Å². The number of aromatic nitrogens is 2. The van der Waals surface area contributed by atoms with Crippen molar-refractivity contribution >= 4 is 44.5 Å². The number of nitrogens with zero attached hydrogens (tertiary/aromatic N) is 4. The molecule has 1 aliphatic heterocycles. The molecule has 0 saturated carbocycles. The van der Waals surface area contributed by atoms with E-state index >= 15 is 0 Å². The monoisotopic (exact) mass is 452 g/mol. The summed E-state index contributed by atoms with van der Waals surface area (Å²) in [6, 6.07) is 5.51. The molecule has 1 unspecified atom stereocenters. The number of likely N-dealkylation sites (N-methyl/N-ethyl adjacent to an activating group) is 1. The zero-order chi connectivity index (χ0) is 19.6. The van der Waals surface area contributed by atoms with Gasteiger partial charge in [0.25, 0.3) is 5.56 Å². The van der Waals surface area contributed by atoms with Crippen LogP contribution >= 0.6 is 27.7 Å². The van der Waals surface area contributed by atoms with Crippen LogP contribution in [0.5, 0.6) is 0 Å². The Labute approximate surface area is 172 Å². The van der Waals surface area contributed by atoms with Gasteiger partial charge in [-0.2, -0.15) is 0 Å². The molecular formula is C19H25BrN4O2S. The van der Waals surface area contributed by atoms with E-state index in [0.29, 0.717) is 22.6 Å². The number of piperazine rings is 1. The minimum absolute atomic E-state index is 0.0671. The number of carbonyl (C=O) groups excluding carboxylic acids is 1. The molecule has 1 aliphatic rings. The van der Waals surface area contributed by atoms with Crippen LogP contribution in [0.4, 0.5) is 0 Å². The van der Waals surface area contributed by atoms with E-state index in [9.17, 15) is 9.59 Å². The van der Waals surface area contributed by atoms with Gasteiger partial charge in [0.05, 0.1) is 16.2 Å². The molecule has 8 heteroatoms. The number of thioether (sulfide) groups is 1. The topological polar surface area (TPSA) is 58.4 Å². The fraction of sp³-hybridized carbons (Fsp3) is 0.526. The molecule has 1 amide bonds. The van der Waals surface area contributed by atoms with Crippen LogP contribution < -0.4 is 5.56 Å². The zero-order valence-electron chi connectivity index (χ0n) is 15.9. The first-order valence-corrected chi connectivity index (χ1v) is 11.0. The number of amides is 1. The summed E-state index contributed by atoms with van der Waals surface area (Å²) in [4.78, 5) is 34.6. The Morgan fingerprint density at radius 3 is 2.56 bits per heavy atom. The molecule has 0 aliphatic carbocycles. The van der Waals surface area contributed by atoms with Crippen molar-refractivity contribution < 1.29 is 4.79 Å². The lowest BCUT2D eigenvalue weighted by Gasteiger charge is -2.35. The van der Waals surface area contributed by atoms with E-state index in [0.717, 1.165) is 37.2 Å². The third-order valence-electron chi connectivity index (χ3n) is 4.96. The number of fused-ring (bicyclic) bond motifs is 1. The maximum Gasteiger partial charge on any atom is 0.262 e. The Morgan fingerprint density at radius 2 is 1.93 bits per heavy atom. The van der Waals surface area contributed by atoms with Gasteiger partial charge in [0.15, 0.2) is 5.16 Å². The molecular weight excluding hydrogens is 428 g/mol. The number of benzene rings is 1. The van der Waals surface area contributed by atoms with Crippen molar-refractivity contribution in [2.24, 2.45) is 0 Å². The van der Waals surface area contributed by atoms with Gasteiger partial charge in [-0.3, -0.25) is 14.2 Å². The highest BCUT2D eigenvalue weighted by Gasteiger charge is 2.26. The smallest absolute Gasteiger partial charge is 0.262 e. The average Bonchev–Trinajstić information content (AvgIpc) is 2.68. The van der Waals surface area contributed by atoms with Crippen molar-refractivity contribution in [1.29, 1.82) is 0 Å². The van der Waals surface area contributed by atoms with Crippen LogP contribution in [0.3, 0.4) is 0 Å². The Morgan fingerprint density at radius 1 is 1.22 bits per heavy atom. The van der Waals surface area contributed by atoms with Gasteiger partial charge >= 0.3 is 0 Å². The van der Waals surface area contributed by atoms with E-state index in [1.807, 2.05) is 30.9 Å². The second-order valence-corrected chi connectivity index (χ2v) is 8.85.